The normalized spacial score (nSPS) is 13.9. The van der Waals surface area contributed by atoms with Crippen LogP contribution in [0.5, 0.6) is 0 Å². The van der Waals surface area contributed by atoms with Crippen LogP contribution in [0.25, 0.3) is 0 Å². The number of amidine groups is 1. The molecule has 0 aliphatic carbocycles. The fraction of sp³-hybridized carbons (Fsp3) is 0.800. The van der Waals surface area contributed by atoms with Gasteiger partial charge in [-0.15, -0.1) is 0 Å². The largest absolute Gasteiger partial charge is 0.409 e. The number of hydrogen-bond acceptors (Lipinski definition) is 3. The maximum Gasteiger partial charge on any atom is 0.406 e. The number of rotatable bonds is 4. The molecule has 0 saturated heterocycles. The molecule has 0 aromatic carbocycles. The van der Waals surface area contributed by atoms with Gasteiger partial charge in [0, 0.05) is 6.04 Å². The summed E-state index contributed by atoms with van der Waals surface area (Å²) in [6.45, 7) is 4.16. The van der Waals surface area contributed by atoms with Crippen molar-refractivity contribution in [2.24, 2.45) is 16.3 Å². The van der Waals surface area contributed by atoms with Crippen molar-refractivity contribution in [3.8, 4) is 0 Å². The molecule has 0 aliphatic heterocycles. The van der Waals surface area contributed by atoms with Crippen LogP contribution in [0.3, 0.4) is 0 Å². The molecule has 0 aromatic rings. The molecule has 18 heavy (non-hydrogen) atoms. The van der Waals surface area contributed by atoms with Gasteiger partial charge in [-0.3, -0.25) is 4.79 Å². The van der Waals surface area contributed by atoms with Gasteiger partial charge in [0.25, 0.3) is 0 Å². The van der Waals surface area contributed by atoms with Gasteiger partial charge in [0.1, 0.15) is 12.0 Å². The van der Waals surface area contributed by atoms with Crippen molar-refractivity contribution in [3.05, 3.63) is 0 Å². The highest BCUT2D eigenvalue weighted by Gasteiger charge is 2.42. The Morgan fingerprint density at radius 2 is 1.83 bits per heavy atom. The number of oxime groups is 1. The first-order valence-electron chi connectivity index (χ1n) is 5.29. The molecule has 0 unspecified atom stereocenters. The molecular weight excluding hydrogens is 251 g/mol. The first-order valence-corrected chi connectivity index (χ1v) is 5.29. The van der Waals surface area contributed by atoms with Crippen LogP contribution in [-0.2, 0) is 4.79 Å². The fourth-order valence-corrected chi connectivity index (χ4v) is 1.28. The van der Waals surface area contributed by atoms with Crippen LogP contribution in [0.1, 0.15) is 27.7 Å². The van der Waals surface area contributed by atoms with Gasteiger partial charge in [0.05, 0.1) is 0 Å². The Balaban J connectivity index is 5.23. The zero-order valence-corrected chi connectivity index (χ0v) is 10.7. The lowest BCUT2D eigenvalue weighted by Gasteiger charge is -2.34. The van der Waals surface area contributed by atoms with Crippen molar-refractivity contribution in [3.63, 3.8) is 0 Å². The predicted molar refractivity (Wildman–Crippen MR) is 60.1 cm³/mol. The lowest BCUT2D eigenvalue weighted by molar-refractivity contribution is -0.168. The maximum absolute atomic E-state index is 12.4. The second-order valence-corrected chi connectivity index (χ2v) is 4.75. The maximum atomic E-state index is 12.4. The van der Waals surface area contributed by atoms with E-state index in [2.05, 4.69) is 5.16 Å². The van der Waals surface area contributed by atoms with Crippen LogP contribution in [0.2, 0.25) is 0 Å². The number of nitrogens with zero attached hydrogens (tertiary/aromatic N) is 2. The standard InChI is InChI=1S/C10H18F3N3O2/c1-6(2)16(5-10(11,12)13)8(17)9(3,4)7(14)15-18/h6,18H,5H2,1-4H3,(H2,14,15). The Morgan fingerprint density at radius 1 is 1.39 bits per heavy atom. The summed E-state index contributed by atoms with van der Waals surface area (Å²) in [4.78, 5) is 12.7. The van der Waals surface area contributed by atoms with E-state index < -0.39 is 35.9 Å². The van der Waals surface area contributed by atoms with E-state index in [1.165, 1.54) is 27.7 Å². The first kappa shape index (κ1) is 16.5. The third kappa shape index (κ3) is 4.08. The summed E-state index contributed by atoms with van der Waals surface area (Å²) in [5, 5.41) is 11.2. The minimum Gasteiger partial charge on any atom is -0.409 e. The summed E-state index contributed by atoms with van der Waals surface area (Å²) < 4.78 is 37.2. The Kier molecular flexibility index (Phi) is 5.00. The number of alkyl halides is 3. The molecule has 5 nitrogen and oxygen atoms in total. The number of amides is 1. The van der Waals surface area contributed by atoms with Crippen molar-refractivity contribution >= 4 is 11.7 Å². The minimum atomic E-state index is -4.50. The Morgan fingerprint density at radius 3 is 2.11 bits per heavy atom. The van der Waals surface area contributed by atoms with Crippen molar-refractivity contribution in [1.29, 1.82) is 0 Å². The molecule has 8 heteroatoms. The lowest BCUT2D eigenvalue weighted by Crippen LogP contribution is -2.52. The topological polar surface area (TPSA) is 78.9 Å². The molecule has 0 spiro atoms. The van der Waals surface area contributed by atoms with E-state index in [-0.39, 0.29) is 0 Å². The van der Waals surface area contributed by atoms with Crippen LogP contribution in [0.4, 0.5) is 13.2 Å². The number of carbonyl (C=O) groups excluding carboxylic acids is 1. The van der Waals surface area contributed by atoms with E-state index in [4.69, 9.17) is 10.9 Å². The Bertz CT molecular complexity index is 338. The summed E-state index contributed by atoms with van der Waals surface area (Å²) in [7, 11) is 0. The van der Waals surface area contributed by atoms with Gasteiger partial charge in [-0.25, -0.2) is 0 Å². The van der Waals surface area contributed by atoms with E-state index >= 15 is 0 Å². The SMILES string of the molecule is CC(C)N(CC(F)(F)F)C(=O)C(C)(C)C(N)=NO. The van der Waals surface area contributed by atoms with Crippen molar-refractivity contribution in [1.82, 2.24) is 4.90 Å². The second-order valence-electron chi connectivity index (χ2n) is 4.75. The molecule has 3 N–H and O–H groups in total. The van der Waals surface area contributed by atoms with Gasteiger partial charge in [-0.05, 0) is 27.7 Å². The molecule has 0 saturated carbocycles. The molecule has 0 aliphatic rings. The molecule has 0 atom stereocenters. The summed E-state index contributed by atoms with van der Waals surface area (Å²) in [6.07, 6.45) is -4.50. The smallest absolute Gasteiger partial charge is 0.406 e. The molecule has 0 bridgehead atoms. The van der Waals surface area contributed by atoms with E-state index in [0.717, 1.165) is 0 Å². The minimum absolute atomic E-state index is 0.430. The Hall–Kier alpha value is -1.47. The average Bonchev–Trinajstić information content (AvgIpc) is 2.21. The number of hydrogen-bond donors (Lipinski definition) is 2. The molecular formula is C10H18F3N3O2. The monoisotopic (exact) mass is 269 g/mol. The van der Waals surface area contributed by atoms with Gasteiger partial charge in [-0.2, -0.15) is 13.2 Å². The first-order chi connectivity index (χ1) is 7.93. The summed E-state index contributed by atoms with van der Waals surface area (Å²) >= 11 is 0. The van der Waals surface area contributed by atoms with Crippen LogP contribution >= 0.6 is 0 Å². The highest BCUT2D eigenvalue weighted by molar-refractivity contribution is 6.05. The fourth-order valence-electron chi connectivity index (χ4n) is 1.28. The van der Waals surface area contributed by atoms with Gasteiger partial charge >= 0.3 is 6.18 Å². The van der Waals surface area contributed by atoms with Crippen molar-refractivity contribution < 1.29 is 23.2 Å². The predicted octanol–water partition coefficient (Wildman–Crippen LogP) is 1.56. The van der Waals surface area contributed by atoms with E-state index in [0.29, 0.717) is 4.90 Å². The second kappa shape index (κ2) is 5.45. The summed E-state index contributed by atoms with van der Waals surface area (Å²) in [5.41, 5.74) is 3.83. The van der Waals surface area contributed by atoms with Crippen molar-refractivity contribution in [2.45, 2.75) is 39.9 Å². The molecule has 1 amide bonds. The quantitative estimate of drug-likeness (QED) is 0.352. The van der Waals surface area contributed by atoms with E-state index in [1.54, 1.807) is 0 Å². The van der Waals surface area contributed by atoms with E-state index in [1.807, 2.05) is 0 Å². The molecule has 0 radical (unpaired) electrons. The molecule has 0 fully saturated rings. The average molecular weight is 269 g/mol. The molecule has 106 valence electrons. The number of carbonyl (C=O) groups is 1. The van der Waals surface area contributed by atoms with Crippen LogP contribution in [-0.4, -0.2) is 40.6 Å². The van der Waals surface area contributed by atoms with Gasteiger partial charge in [0.2, 0.25) is 5.91 Å². The Labute approximate surface area is 103 Å². The molecule has 0 aromatic heterocycles. The molecule has 0 rings (SSSR count). The summed E-state index contributed by atoms with van der Waals surface area (Å²) in [5.74, 6) is -1.27. The van der Waals surface area contributed by atoms with Gasteiger partial charge in [-0.1, -0.05) is 5.16 Å². The van der Waals surface area contributed by atoms with Gasteiger partial charge < -0.3 is 15.8 Å². The number of halogens is 3. The van der Waals surface area contributed by atoms with Crippen LogP contribution in [0, 0.1) is 5.41 Å². The highest BCUT2D eigenvalue weighted by Crippen LogP contribution is 2.25. The zero-order valence-electron chi connectivity index (χ0n) is 10.7. The van der Waals surface area contributed by atoms with Gasteiger partial charge in [0.15, 0.2) is 5.84 Å². The van der Waals surface area contributed by atoms with Crippen LogP contribution in [0.15, 0.2) is 5.16 Å². The summed E-state index contributed by atoms with van der Waals surface area (Å²) in [6, 6.07) is -0.648. The third-order valence-corrected chi connectivity index (χ3v) is 2.52. The van der Waals surface area contributed by atoms with Crippen LogP contribution < -0.4 is 5.73 Å². The third-order valence-electron chi connectivity index (χ3n) is 2.52. The van der Waals surface area contributed by atoms with E-state index in [9.17, 15) is 18.0 Å². The van der Waals surface area contributed by atoms with Crippen molar-refractivity contribution in [2.75, 3.05) is 6.54 Å². The lowest BCUT2D eigenvalue weighted by atomic mass is 9.89. The molecule has 0 heterocycles. The zero-order chi connectivity index (χ0) is 14.7. The highest BCUT2D eigenvalue weighted by atomic mass is 19.4. The number of nitrogens with two attached hydrogens (primary N) is 1.